The molecule has 100 valence electrons. The van der Waals surface area contributed by atoms with Gasteiger partial charge in [-0.1, -0.05) is 11.3 Å². The Kier molecular flexibility index (Phi) is 3.59. The molecular formula is C12H18N2O3S. The molecule has 1 aromatic rings. The summed E-state index contributed by atoms with van der Waals surface area (Å²) in [5.74, 6) is -0.0985. The number of hydrogen-bond acceptors (Lipinski definition) is 4. The van der Waals surface area contributed by atoms with Gasteiger partial charge >= 0.3 is 4.87 Å². The van der Waals surface area contributed by atoms with E-state index in [1.165, 1.54) is 4.57 Å². The minimum atomic E-state index is -0.803. The molecule has 0 aliphatic carbocycles. The van der Waals surface area contributed by atoms with Gasteiger partial charge in [0.15, 0.2) is 0 Å². The summed E-state index contributed by atoms with van der Waals surface area (Å²) in [6.07, 6.45) is 1.52. The highest BCUT2D eigenvalue weighted by atomic mass is 32.1. The van der Waals surface area contributed by atoms with Crippen LogP contribution >= 0.6 is 11.3 Å². The Labute approximate surface area is 110 Å². The molecule has 1 amide bonds. The Bertz CT molecular complexity index is 504. The summed E-state index contributed by atoms with van der Waals surface area (Å²) in [6.45, 7) is 4.65. The lowest BCUT2D eigenvalue weighted by Gasteiger charge is -2.36. The molecule has 0 aromatic carbocycles. The second kappa shape index (κ2) is 4.85. The maximum Gasteiger partial charge on any atom is 0.307 e. The van der Waals surface area contributed by atoms with Crippen LogP contribution in [0.15, 0.2) is 10.2 Å². The van der Waals surface area contributed by atoms with Gasteiger partial charge in [0.2, 0.25) is 5.91 Å². The fourth-order valence-electron chi connectivity index (χ4n) is 2.26. The molecule has 0 bridgehead atoms. The predicted octanol–water partition coefficient (Wildman–Crippen LogP) is 0.592. The number of hydrogen-bond donors (Lipinski definition) is 1. The van der Waals surface area contributed by atoms with Crippen LogP contribution in [-0.4, -0.2) is 39.2 Å². The monoisotopic (exact) mass is 270 g/mol. The van der Waals surface area contributed by atoms with Gasteiger partial charge in [0.05, 0.1) is 5.60 Å². The van der Waals surface area contributed by atoms with E-state index in [9.17, 15) is 14.7 Å². The van der Waals surface area contributed by atoms with Gasteiger partial charge < -0.3 is 10.0 Å². The van der Waals surface area contributed by atoms with Gasteiger partial charge in [-0.3, -0.25) is 14.2 Å². The van der Waals surface area contributed by atoms with Crippen LogP contribution in [0.1, 0.15) is 25.5 Å². The number of thiazole rings is 1. The molecule has 18 heavy (non-hydrogen) atoms. The van der Waals surface area contributed by atoms with E-state index in [4.69, 9.17) is 0 Å². The Hall–Kier alpha value is -1.14. The number of β-amino-alcohol motifs (C(OH)–C–C–N with tert-alkyl or cyclic N) is 1. The first-order valence-corrected chi connectivity index (χ1v) is 6.92. The molecule has 6 heteroatoms. The number of nitrogens with zero attached hydrogens (tertiary/aromatic N) is 2. The van der Waals surface area contributed by atoms with Gasteiger partial charge in [0.25, 0.3) is 0 Å². The maximum absolute atomic E-state index is 12.1. The summed E-state index contributed by atoms with van der Waals surface area (Å²) in [7, 11) is 0. The van der Waals surface area contributed by atoms with E-state index >= 15 is 0 Å². The van der Waals surface area contributed by atoms with Crippen LogP contribution in [0.5, 0.6) is 0 Å². The SMILES string of the molecule is Cc1csc(=O)n1CC(=O)N1CCCC(C)(O)C1. The Morgan fingerprint density at radius 3 is 2.89 bits per heavy atom. The lowest BCUT2D eigenvalue weighted by atomic mass is 9.95. The summed E-state index contributed by atoms with van der Waals surface area (Å²) in [4.78, 5) is 25.2. The highest BCUT2D eigenvalue weighted by Crippen LogP contribution is 2.20. The van der Waals surface area contributed by atoms with Gasteiger partial charge in [0.1, 0.15) is 6.54 Å². The van der Waals surface area contributed by atoms with E-state index in [0.717, 1.165) is 23.5 Å². The lowest BCUT2D eigenvalue weighted by molar-refractivity contribution is -0.138. The normalized spacial score (nSPS) is 24.3. The average molecular weight is 270 g/mol. The number of piperidine rings is 1. The van der Waals surface area contributed by atoms with E-state index in [1.54, 1.807) is 17.2 Å². The molecule has 0 saturated carbocycles. The Balaban J connectivity index is 2.07. The van der Waals surface area contributed by atoms with Crippen LogP contribution in [0.25, 0.3) is 0 Å². The maximum atomic E-state index is 12.1. The molecule has 1 unspecified atom stereocenters. The summed E-state index contributed by atoms with van der Waals surface area (Å²) in [5, 5.41) is 11.7. The molecule has 5 nitrogen and oxygen atoms in total. The first kappa shape index (κ1) is 13.3. The van der Waals surface area contributed by atoms with E-state index in [0.29, 0.717) is 19.5 Å². The average Bonchev–Trinajstić information content (AvgIpc) is 2.59. The van der Waals surface area contributed by atoms with E-state index in [2.05, 4.69) is 0 Å². The summed E-state index contributed by atoms with van der Waals surface area (Å²) in [5.41, 5.74) is 0.00450. The summed E-state index contributed by atoms with van der Waals surface area (Å²) in [6, 6.07) is 0. The van der Waals surface area contributed by atoms with Gasteiger partial charge in [-0.15, -0.1) is 0 Å². The van der Waals surface area contributed by atoms with Crippen molar-refractivity contribution in [1.29, 1.82) is 0 Å². The van der Waals surface area contributed by atoms with Crippen molar-refractivity contribution in [1.82, 2.24) is 9.47 Å². The minimum Gasteiger partial charge on any atom is -0.388 e. The van der Waals surface area contributed by atoms with Gasteiger partial charge in [-0.05, 0) is 26.7 Å². The Morgan fingerprint density at radius 1 is 1.61 bits per heavy atom. The highest BCUT2D eigenvalue weighted by Gasteiger charge is 2.31. The van der Waals surface area contributed by atoms with Crippen LogP contribution in [0.4, 0.5) is 0 Å². The van der Waals surface area contributed by atoms with Crippen molar-refractivity contribution < 1.29 is 9.90 Å². The molecule has 2 rings (SSSR count). The molecule has 2 heterocycles. The number of likely N-dealkylation sites (tertiary alicyclic amines) is 1. The van der Waals surface area contributed by atoms with Crippen molar-refractivity contribution in [2.75, 3.05) is 13.1 Å². The zero-order valence-corrected chi connectivity index (χ0v) is 11.5. The molecule has 1 atom stereocenters. The Morgan fingerprint density at radius 2 is 2.33 bits per heavy atom. The third-order valence-corrected chi connectivity index (χ3v) is 4.18. The predicted molar refractivity (Wildman–Crippen MR) is 69.8 cm³/mol. The first-order valence-electron chi connectivity index (χ1n) is 6.04. The third-order valence-electron chi connectivity index (χ3n) is 3.30. The topological polar surface area (TPSA) is 62.5 Å². The number of aliphatic hydroxyl groups is 1. The number of aromatic nitrogens is 1. The van der Waals surface area contributed by atoms with Crippen LogP contribution < -0.4 is 4.87 Å². The van der Waals surface area contributed by atoms with Crippen molar-refractivity contribution in [2.45, 2.75) is 38.8 Å². The highest BCUT2D eigenvalue weighted by molar-refractivity contribution is 7.07. The van der Waals surface area contributed by atoms with E-state index in [1.807, 2.05) is 6.92 Å². The number of carbonyl (C=O) groups excluding carboxylic acids is 1. The number of rotatable bonds is 2. The molecule has 1 aromatic heterocycles. The van der Waals surface area contributed by atoms with Crippen LogP contribution in [0, 0.1) is 6.92 Å². The van der Waals surface area contributed by atoms with Crippen molar-refractivity contribution in [3.63, 3.8) is 0 Å². The molecule has 1 fully saturated rings. The van der Waals surface area contributed by atoms with Crippen LogP contribution in [0.2, 0.25) is 0 Å². The number of amides is 1. The molecule has 1 aliphatic heterocycles. The van der Waals surface area contributed by atoms with E-state index < -0.39 is 5.60 Å². The van der Waals surface area contributed by atoms with Crippen molar-refractivity contribution in [2.24, 2.45) is 0 Å². The fourth-order valence-corrected chi connectivity index (χ4v) is 3.00. The third kappa shape index (κ3) is 2.81. The standard InChI is InChI=1S/C12H18N2O3S/c1-9-7-18-11(16)14(9)6-10(15)13-5-3-4-12(2,17)8-13/h7,17H,3-6,8H2,1-2H3. The molecular weight excluding hydrogens is 252 g/mol. The van der Waals surface area contributed by atoms with Crippen molar-refractivity contribution in [3.8, 4) is 0 Å². The van der Waals surface area contributed by atoms with Crippen molar-refractivity contribution in [3.05, 3.63) is 20.7 Å². The van der Waals surface area contributed by atoms with Gasteiger partial charge in [-0.25, -0.2) is 0 Å². The zero-order chi connectivity index (χ0) is 13.3. The van der Waals surface area contributed by atoms with Crippen molar-refractivity contribution >= 4 is 17.2 Å². The van der Waals surface area contributed by atoms with Gasteiger partial charge in [-0.2, -0.15) is 0 Å². The fraction of sp³-hybridized carbons (Fsp3) is 0.667. The summed E-state index contributed by atoms with van der Waals surface area (Å²) < 4.78 is 1.48. The van der Waals surface area contributed by atoms with E-state index in [-0.39, 0.29) is 17.3 Å². The summed E-state index contributed by atoms with van der Waals surface area (Å²) >= 11 is 1.11. The molecule has 1 aliphatic rings. The zero-order valence-electron chi connectivity index (χ0n) is 10.7. The quantitative estimate of drug-likeness (QED) is 0.855. The van der Waals surface area contributed by atoms with Crippen LogP contribution in [-0.2, 0) is 11.3 Å². The minimum absolute atomic E-state index is 0.0737. The first-order chi connectivity index (χ1) is 8.39. The number of carbonyl (C=O) groups is 1. The molecule has 0 radical (unpaired) electrons. The second-order valence-corrected chi connectivity index (χ2v) is 5.97. The second-order valence-electron chi connectivity index (χ2n) is 5.14. The number of aryl methyl sites for hydroxylation is 1. The molecule has 1 saturated heterocycles. The lowest BCUT2D eigenvalue weighted by Crippen LogP contribution is -2.49. The smallest absolute Gasteiger partial charge is 0.307 e. The van der Waals surface area contributed by atoms with Gasteiger partial charge in [0, 0.05) is 24.2 Å². The molecule has 0 spiro atoms. The van der Waals surface area contributed by atoms with Crippen LogP contribution in [0.3, 0.4) is 0 Å². The molecule has 1 N–H and O–H groups in total. The largest absolute Gasteiger partial charge is 0.388 e.